The predicted molar refractivity (Wildman–Crippen MR) is 60.1 cm³/mol. The molecular weight excluding hydrogens is 204 g/mol. The molecule has 0 aliphatic heterocycles. The van der Waals surface area contributed by atoms with Crippen LogP contribution in [-0.4, -0.2) is 20.7 Å². The molecule has 0 aliphatic rings. The van der Waals surface area contributed by atoms with Crippen molar-refractivity contribution in [2.45, 2.75) is 6.92 Å². The fraction of sp³-hybridized carbons (Fsp3) is 0.182. The number of aromatic nitrogens is 3. The van der Waals surface area contributed by atoms with E-state index in [1.807, 2.05) is 19.1 Å². The van der Waals surface area contributed by atoms with Gasteiger partial charge in [0.25, 0.3) is 5.91 Å². The summed E-state index contributed by atoms with van der Waals surface area (Å²) in [6, 6.07) is 7.35. The summed E-state index contributed by atoms with van der Waals surface area (Å²) in [7, 11) is 1.72. The molecule has 1 aromatic carbocycles. The van der Waals surface area contributed by atoms with Gasteiger partial charge in [-0.2, -0.15) is 10.1 Å². The lowest BCUT2D eigenvalue weighted by Gasteiger charge is -2.03. The Morgan fingerprint density at radius 1 is 1.31 bits per heavy atom. The first-order valence-corrected chi connectivity index (χ1v) is 4.89. The molecule has 0 unspecified atom stereocenters. The Bertz CT molecular complexity index is 501. The van der Waals surface area contributed by atoms with E-state index in [4.69, 9.17) is 0 Å². The van der Waals surface area contributed by atoms with Gasteiger partial charge in [-0.3, -0.25) is 10.1 Å². The lowest BCUT2D eigenvalue weighted by atomic mass is 10.1. The van der Waals surface area contributed by atoms with Crippen molar-refractivity contribution >= 4 is 11.9 Å². The van der Waals surface area contributed by atoms with Crippen molar-refractivity contribution in [2.75, 3.05) is 5.32 Å². The summed E-state index contributed by atoms with van der Waals surface area (Å²) in [5, 5.41) is 6.54. The third-order valence-electron chi connectivity index (χ3n) is 2.25. The van der Waals surface area contributed by atoms with Gasteiger partial charge in [0.15, 0.2) is 0 Å². The summed E-state index contributed by atoms with van der Waals surface area (Å²) in [5.41, 5.74) is 1.73. The molecule has 82 valence electrons. The third kappa shape index (κ3) is 2.08. The van der Waals surface area contributed by atoms with E-state index in [-0.39, 0.29) is 5.91 Å². The maximum absolute atomic E-state index is 11.8. The SMILES string of the molecule is Cc1ccc(C(=O)Nc2ncnn2C)cc1. The zero-order valence-corrected chi connectivity index (χ0v) is 9.14. The van der Waals surface area contributed by atoms with E-state index in [1.165, 1.54) is 11.0 Å². The van der Waals surface area contributed by atoms with E-state index < -0.39 is 0 Å². The molecule has 1 amide bonds. The zero-order chi connectivity index (χ0) is 11.5. The Kier molecular flexibility index (Phi) is 2.68. The first kappa shape index (κ1) is 10.4. The van der Waals surface area contributed by atoms with Gasteiger partial charge < -0.3 is 0 Å². The standard InChI is InChI=1S/C11H12N4O/c1-8-3-5-9(6-4-8)10(16)14-11-12-7-13-15(11)2/h3-7H,1-2H3,(H,12,13,14,16). The van der Waals surface area contributed by atoms with E-state index in [0.29, 0.717) is 11.5 Å². The summed E-state index contributed by atoms with van der Waals surface area (Å²) in [4.78, 5) is 15.7. The largest absolute Gasteiger partial charge is 0.291 e. The first-order chi connectivity index (χ1) is 7.66. The molecule has 2 rings (SSSR count). The van der Waals surface area contributed by atoms with Crippen molar-refractivity contribution in [1.82, 2.24) is 14.8 Å². The van der Waals surface area contributed by atoms with Gasteiger partial charge in [-0.05, 0) is 19.1 Å². The van der Waals surface area contributed by atoms with Gasteiger partial charge in [-0.1, -0.05) is 17.7 Å². The number of carbonyl (C=O) groups is 1. The summed E-state index contributed by atoms with van der Waals surface area (Å²) in [5.74, 6) is 0.252. The van der Waals surface area contributed by atoms with E-state index in [1.54, 1.807) is 19.2 Å². The molecule has 1 heterocycles. The second-order valence-electron chi connectivity index (χ2n) is 3.53. The molecule has 0 spiro atoms. The molecular formula is C11H12N4O. The van der Waals surface area contributed by atoms with E-state index in [2.05, 4.69) is 15.4 Å². The number of carbonyl (C=O) groups excluding carboxylic acids is 1. The highest BCUT2D eigenvalue weighted by molar-refractivity contribution is 6.03. The van der Waals surface area contributed by atoms with Crippen LogP contribution in [0.2, 0.25) is 0 Å². The number of benzene rings is 1. The molecule has 16 heavy (non-hydrogen) atoms. The number of aryl methyl sites for hydroxylation is 2. The number of nitrogens with one attached hydrogen (secondary N) is 1. The van der Waals surface area contributed by atoms with E-state index >= 15 is 0 Å². The molecule has 0 saturated heterocycles. The molecule has 0 fully saturated rings. The minimum atomic E-state index is -0.184. The molecule has 5 nitrogen and oxygen atoms in total. The minimum Gasteiger partial charge on any atom is -0.291 e. The number of amides is 1. The molecule has 1 N–H and O–H groups in total. The Morgan fingerprint density at radius 3 is 2.56 bits per heavy atom. The van der Waals surface area contributed by atoms with Gasteiger partial charge in [0.1, 0.15) is 6.33 Å². The fourth-order valence-electron chi connectivity index (χ4n) is 1.29. The van der Waals surface area contributed by atoms with Crippen LogP contribution in [0.25, 0.3) is 0 Å². The van der Waals surface area contributed by atoms with Crippen molar-refractivity contribution in [3.63, 3.8) is 0 Å². The van der Waals surface area contributed by atoms with Crippen LogP contribution in [0.4, 0.5) is 5.95 Å². The van der Waals surface area contributed by atoms with Crippen LogP contribution < -0.4 is 5.32 Å². The summed E-state index contributed by atoms with van der Waals surface area (Å²) >= 11 is 0. The summed E-state index contributed by atoms with van der Waals surface area (Å²) < 4.78 is 1.51. The highest BCUT2D eigenvalue weighted by atomic mass is 16.1. The average molecular weight is 216 g/mol. The quantitative estimate of drug-likeness (QED) is 0.824. The molecule has 0 bridgehead atoms. The highest BCUT2D eigenvalue weighted by Gasteiger charge is 2.08. The molecule has 2 aromatic rings. The van der Waals surface area contributed by atoms with Crippen molar-refractivity contribution < 1.29 is 4.79 Å². The van der Waals surface area contributed by atoms with Gasteiger partial charge in [0, 0.05) is 12.6 Å². The maximum atomic E-state index is 11.8. The fourth-order valence-corrected chi connectivity index (χ4v) is 1.29. The monoisotopic (exact) mass is 216 g/mol. The van der Waals surface area contributed by atoms with Gasteiger partial charge in [-0.25, -0.2) is 4.68 Å². The Balaban J connectivity index is 2.15. The zero-order valence-electron chi connectivity index (χ0n) is 9.14. The second-order valence-corrected chi connectivity index (χ2v) is 3.53. The van der Waals surface area contributed by atoms with Crippen molar-refractivity contribution in [2.24, 2.45) is 7.05 Å². The Labute approximate surface area is 93.1 Å². The number of hydrogen-bond donors (Lipinski definition) is 1. The summed E-state index contributed by atoms with van der Waals surface area (Å²) in [6.45, 7) is 1.98. The van der Waals surface area contributed by atoms with Crippen molar-refractivity contribution in [1.29, 1.82) is 0 Å². The highest BCUT2D eigenvalue weighted by Crippen LogP contribution is 2.06. The van der Waals surface area contributed by atoms with E-state index in [0.717, 1.165) is 5.56 Å². The van der Waals surface area contributed by atoms with Crippen LogP contribution in [0.5, 0.6) is 0 Å². The van der Waals surface area contributed by atoms with E-state index in [9.17, 15) is 4.79 Å². The van der Waals surface area contributed by atoms with Crippen LogP contribution in [-0.2, 0) is 7.05 Å². The molecule has 5 heteroatoms. The molecule has 0 atom stereocenters. The van der Waals surface area contributed by atoms with Crippen molar-refractivity contribution in [3.8, 4) is 0 Å². The number of anilines is 1. The average Bonchev–Trinajstić information content (AvgIpc) is 2.65. The molecule has 0 saturated carbocycles. The van der Waals surface area contributed by atoms with Gasteiger partial charge >= 0.3 is 0 Å². The number of nitrogens with zero attached hydrogens (tertiary/aromatic N) is 3. The van der Waals surface area contributed by atoms with Crippen LogP contribution in [0.3, 0.4) is 0 Å². The van der Waals surface area contributed by atoms with Crippen LogP contribution in [0.1, 0.15) is 15.9 Å². The smallest absolute Gasteiger partial charge is 0.258 e. The molecule has 1 aromatic heterocycles. The van der Waals surface area contributed by atoms with Crippen LogP contribution in [0.15, 0.2) is 30.6 Å². The summed E-state index contributed by atoms with van der Waals surface area (Å²) in [6.07, 6.45) is 1.39. The maximum Gasteiger partial charge on any atom is 0.258 e. The van der Waals surface area contributed by atoms with Crippen LogP contribution in [0, 0.1) is 6.92 Å². The van der Waals surface area contributed by atoms with Crippen molar-refractivity contribution in [3.05, 3.63) is 41.7 Å². The second kappa shape index (κ2) is 4.14. The van der Waals surface area contributed by atoms with Gasteiger partial charge in [0.2, 0.25) is 5.95 Å². The van der Waals surface area contributed by atoms with Crippen LogP contribution >= 0.6 is 0 Å². The predicted octanol–water partition coefficient (Wildman–Crippen LogP) is 1.38. The lowest BCUT2D eigenvalue weighted by molar-refractivity contribution is 0.102. The minimum absolute atomic E-state index is 0.184. The van der Waals surface area contributed by atoms with Gasteiger partial charge in [-0.15, -0.1) is 0 Å². The third-order valence-corrected chi connectivity index (χ3v) is 2.25. The lowest BCUT2D eigenvalue weighted by Crippen LogP contribution is -2.15. The first-order valence-electron chi connectivity index (χ1n) is 4.89. The van der Waals surface area contributed by atoms with Gasteiger partial charge in [0.05, 0.1) is 0 Å². The molecule has 0 radical (unpaired) electrons. The topological polar surface area (TPSA) is 59.8 Å². The Morgan fingerprint density at radius 2 is 2.00 bits per heavy atom. The molecule has 0 aliphatic carbocycles. The Hall–Kier alpha value is -2.17. The number of hydrogen-bond acceptors (Lipinski definition) is 3. The normalized spacial score (nSPS) is 10.1. The number of rotatable bonds is 2.